The normalized spacial score (nSPS) is 12.3. The standard InChI is InChI=1S/C23H23Br2N3O5/c1-4-6-20-27-18-8-7-15(24)11-16(18)22(29)28(20)26-12-14-9-17(25)21(19(10-14)32-5-2)33-13(3)23(30)31/h7-13H,4-6H2,1-3H3,(H,30,31)/t13-/m1/s1. The van der Waals surface area contributed by atoms with Crippen LogP contribution < -0.4 is 15.0 Å². The van der Waals surface area contributed by atoms with Crippen LogP contribution in [0.3, 0.4) is 0 Å². The number of nitrogens with zero attached hydrogens (tertiary/aromatic N) is 3. The molecule has 0 amide bonds. The fourth-order valence-corrected chi connectivity index (χ4v) is 4.00. The molecule has 0 bridgehead atoms. The molecule has 2 aromatic carbocycles. The highest BCUT2D eigenvalue weighted by molar-refractivity contribution is 9.10. The van der Waals surface area contributed by atoms with Gasteiger partial charge in [0.25, 0.3) is 5.56 Å². The molecule has 0 saturated heterocycles. The predicted octanol–water partition coefficient (Wildman–Crippen LogP) is 5.01. The van der Waals surface area contributed by atoms with Gasteiger partial charge in [-0.1, -0.05) is 22.9 Å². The molecule has 3 rings (SSSR count). The summed E-state index contributed by atoms with van der Waals surface area (Å²) in [6.07, 6.45) is 1.87. The molecule has 1 aromatic heterocycles. The van der Waals surface area contributed by atoms with E-state index in [0.717, 1.165) is 10.9 Å². The highest BCUT2D eigenvalue weighted by atomic mass is 79.9. The van der Waals surface area contributed by atoms with E-state index in [1.165, 1.54) is 17.8 Å². The van der Waals surface area contributed by atoms with Crippen LogP contribution >= 0.6 is 31.9 Å². The number of hydrogen-bond donors (Lipinski definition) is 1. The van der Waals surface area contributed by atoms with Crippen molar-refractivity contribution in [3.63, 3.8) is 0 Å². The number of hydrogen-bond acceptors (Lipinski definition) is 6. The van der Waals surface area contributed by atoms with Gasteiger partial charge in [-0.2, -0.15) is 9.78 Å². The number of aromatic nitrogens is 2. The molecule has 8 nitrogen and oxygen atoms in total. The van der Waals surface area contributed by atoms with Crippen LogP contribution in [0.2, 0.25) is 0 Å². The number of carboxylic acid groups (broad SMARTS) is 1. The topological polar surface area (TPSA) is 103 Å². The lowest BCUT2D eigenvalue weighted by molar-refractivity contribution is -0.144. The van der Waals surface area contributed by atoms with Crippen LogP contribution in [0.5, 0.6) is 11.5 Å². The molecule has 0 aliphatic heterocycles. The lowest BCUT2D eigenvalue weighted by Gasteiger charge is -2.17. The number of rotatable bonds is 9. The Bertz CT molecular complexity index is 1270. The largest absolute Gasteiger partial charge is 0.490 e. The maximum absolute atomic E-state index is 13.2. The van der Waals surface area contributed by atoms with Gasteiger partial charge in [-0.15, -0.1) is 0 Å². The zero-order valence-corrected chi connectivity index (χ0v) is 21.5. The van der Waals surface area contributed by atoms with Crippen molar-refractivity contribution < 1.29 is 19.4 Å². The van der Waals surface area contributed by atoms with Crippen LogP contribution in [0.25, 0.3) is 10.9 Å². The van der Waals surface area contributed by atoms with Crippen molar-refractivity contribution in [3.05, 3.63) is 61.0 Å². The van der Waals surface area contributed by atoms with Crippen molar-refractivity contribution in [1.82, 2.24) is 9.66 Å². The van der Waals surface area contributed by atoms with Crippen molar-refractivity contribution in [1.29, 1.82) is 0 Å². The van der Waals surface area contributed by atoms with E-state index in [2.05, 4.69) is 41.9 Å². The molecule has 3 aromatic rings. The summed E-state index contributed by atoms with van der Waals surface area (Å²) in [6.45, 7) is 5.61. The molecule has 0 spiro atoms. The number of aliphatic carboxylic acids is 1. The van der Waals surface area contributed by atoms with E-state index >= 15 is 0 Å². The first-order valence-electron chi connectivity index (χ1n) is 10.4. The zero-order valence-electron chi connectivity index (χ0n) is 18.3. The molecule has 0 unspecified atom stereocenters. The Balaban J connectivity index is 2.07. The Morgan fingerprint density at radius 2 is 2.03 bits per heavy atom. The van der Waals surface area contributed by atoms with Crippen molar-refractivity contribution in [2.75, 3.05) is 6.61 Å². The van der Waals surface area contributed by atoms with Gasteiger partial charge in [-0.05, 0) is 72.1 Å². The van der Waals surface area contributed by atoms with Crippen molar-refractivity contribution in [2.24, 2.45) is 5.10 Å². The fourth-order valence-electron chi connectivity index (χ4n) is 3.09. The molecule has 1 atom stereocenters. The second-order valence-corrected chi connectivity index (χ2v) is 8.93. The van der Waals surface area contributed by atoms with Crippen LogP contribution in [-0.2, 0) is 11.2 Å². The van der Waals surface area contributed by atoms with Gasteiger partial charge < -0.3 is 14.6 Å². The third kappa shape index (κ3) is 5.80. The Morgan fingerprint density at radius 3 is 2.70 bits per heavy atom. The van der Waals surface area contributed by atoms with Crippen LogP contribution in [0, 0.1) is 0 Å². The summed E-state index contributed by atoms with van der Waals surface area (Å²) in [5.74, 6) is 0.120. The minimum atomic E-state index is -1.09. The van der Waals surface area contributed by atoms with Gasteiger partial charge >= 0.3 is 5.97 Å². The molecule has 1 N–H and O–H groups in total. The van der Waals surface area contributed by atoms with Gasteiger partial charge in [0.1, 0.15) is 5.82 Å². The molecule has 0 fully saturated rings. The molecule has 10 heteroatoms. The van der Waals surface area contributed by atoms with E-state index in [1.807, 2.05) is 19.9 Å². The van der Waals surface area contributed by atoms with Gasteiger partial charge in [0.2, 0.25) is 0 Å². The fraction of sp³-hybridized carbons (Fsp3) is 0.304. The number of fused-ring (bicyclic) bond motifs is 1. The molecule has 0 aliphatic carbocycles. The molecule has 0 aliphatic rings. The van der Waals surface area contributed by atoms with Crippen molar-refractivity contribution in [2.45, 2.75) is 39.7 Å². The van der Waals surface area contributed by atoms with Crippen LogP contribution in [0.15, 0.2) is 49.2 Å². The van der Waals surface area contributed by atoms with E-state index in [-0.39, 0.29) is 11.3 Å². The SMILES string of the molecule is CCCc1nc2ccc(Br)cc2c(=O)n1N=Cc1cc(Br)c(O[C@H](C)C(=O)O)c(OCC)c1. The minimum Gasteiger partial charge on any atom is -0.490 e. The third-order valence-electron chi connectivity index (χ3n) is 4.65. The smallest absolute Gasteiger partial charge is 0.344 e. The van der Waals surface area contributed by atoms with E-state index in [0.29, 0.717) is 45.5 Å². The molecular formula is C23H23Br2N3O5. The number of aryl methyl sites for hydroxylation is 1. The predicted molar refractivity (Wildman–Crippen MR) is 134 cm³/mol. The first-order chi connectivity index (χ1) is 15.7. The van der Waals surface area contributed by atoms with Crippen molar-refractivity contribution >= 4 is 54.9 Å². The molecular weight excluding hydrogens is 558 g/mol. The Labute approximate surface area is 207 Å². The Morgan fingerprint density at radius 1 is 1.27 bits per heavy atom. The zero-order chi connectivity index (χ0) is 24.1. The summed E-state index contributed by atoms with van der Waals surface area (Å²) >= 11 is 6.82. The lowest BCUT2D eigenvalue weighted by atomic mass is 10.2. The van der Waals surface area contributed by atoms with E-state index in [9.17, 15) is 9.59 Å². The molecule has 1 heterocycles. The van der Waals surface area contributed by atoms with Gasteiger partial charge in [0, 0.05) is 10.9 Å². The van der Waals surface area contributed by atoms with E-state index in [4.69, 9.17) is 14.6 Å². The average molecular weight is 581 g/mol. The average Bonchev–Trinajstić information content (AvgIpc) is 2.76. The number of halogens is 2. The summed E-state index contributed by atoms with van der Waals surface area (Å²) < 4.78 is 13.8. The molecule has 33 heavy (non-hydrogen) atoms. The maximum atomic E-state index is 13.2. The van der Waals surface area contributed by atoms with Gasteiger partial charge in [0.15, 0.2) is 17.6 Å². The third-order valence-corrected chi connectivity index (χ3v) is 5.73. The Hall–Kier alpha value is -2.72. The van der Waals surface area contributed by atoms with Crippen LogP contribution in [-0.4, -0.2) is 39.7 Å². The van der Waals surface area contributed by atoms with Crippen LogP contribution in [0.1, 0.15) is 38.6 Å². The maximum Gasteiger partial charge on any atom is 0.344 e. The number of benzene rings is 2. The first-order valence-corrected chi connectivity index (χ1v) is 11.9. The number of ether oxygens (including phenoxy) is 2. The minimum absolute atomic E-state index is 0.264. The summed E-state index contributed by atoms with van der Waals surface area (Å²) in [5, 5.41) is 14.1. The number of carboxylic acids is 1. The molecule has 174 valence electrons. The van der Waals surface area contributed by atoms with E-state index < -0.39 is 12.1 Å². The first kappa shape index (κ1) is 24.9. The molecule has 0 saturated carbocycles. The Kier molecular flexibility index (Phi) is 8.25. The quantitative estimate of drug-likeness (QED) is 0.357. The van der Waals surface area contributed by atoms with Gasteiger partial charge in [-0.3, -0.25) is 4.79 Å². The summed E-state index contributed by atoms with van der Waals surface area (Å²) in [6, 6.07) is 8.77. The molecule has 0 radical (unpaired) electrons. The number of carbonyl (C=O) groups is 1. The summed E-state index contributed by atoms with van der Waals surface area (Å²) in [7, 11) is 0. The lowest BCUT2D eigenvalue weighted by Crippen LogP contribution is -2.23. The highest BCUT2D eigenvalue weighted by Crippen LogP contribution is 2.37. The summed E-state index contributed by atoms with van der Waals surface area (Å²) in [5.41, 5.74) is 0.984. The monoisotopic (exact) mass is 579 g/mol. The van der Waals surface area contributed by atoms with E-state index in [1.54, 1.807) is 24.3 Å². The van der Waals surface area contributed by atoms with Gasteiger partial charge in [-0.25, -0.2) is 9.78 Å². The second-order valence-electron chi connectivity index (χ2n) is 7.16. The van der Waals surface area contributed by atoms with Crippen LogP contribution in [0.4, 0.5) is 0 Å². The van der Waals surface area contributed by atoms with Crippen molar-refractivity contribution in [3.8, 4) is 11.5 Å². The second kappa shape index (κ2) is 10.9. The van der Waals surface area contributed by atoms with Gasteiger partial charge in [0.05, 0.1) is 28.2 Å². The summed E-state index contributed by atoms with van der Waals surface area (Å²) in [4.78, 5) is 29.0. The highest BCUT2D eigenvalue weighted by Gasteiger charge is 2.19.